The normalized spacial score (nSPS) is 21.2. The first-order valence-corrected chi connectivity index (χ1v) is 9.09. The first-order valence-electron chi connectivity index (χ1n) is 6.28. The molecule has 0 radical (unpaired) electrons. The summed E-state index contributed by atoms with van der Waals surface area (Å²) in [7, 11) is -3.07. The minimum atomic E-state index is -3.07. The average Bonchev–Trinajstić information content (AvgIpc) is 2.74. The van der Waals surface area contributed by atoms with Gasteiger partial charge in [-0.3, -0.25) is 0 Å². The maximum Gasteiger partial charge on any atom is 0.211 e. The maximum absolute atomic E-state index is 11.7. The highest BCUT2D eigenvalue weighted by Gasteiger charge is 2.18. The highest BCUT2D eigenvalue weighted by molar-refractivity contribution is 7.99. The lowest BCUT2D eigenvalue weighted by molar-refractivity contribution is 0.538. The molecule has 0 amide bonds. The van der Waals surface area contributed by atoms with Crippen molar-refractivity contribution < 1.29 is 8.42 Å². The SMILES string of the molecule is CC(C)NCCCS(=O)(=O)NCC1CCSC1. The van der Waals surface area contributed by atoms with Gasteiger partial charge in [0.2, 0.25) is 10.0 Å². The molecular weight excluding hydrogens is 256 g/mol. The van der Waals surface area contributed by atoms with Crippen molar-refractivity contribution in [2.24, 2.45) is 5.92 Å². The molecule has 1 aliphatic rings. The zero-order valence-electron chi connectivity index (χ0n) is 10.7. The van der Waals surface area contributed by atoms with Gasteiger partial charge < -0.3 is 5.32 Å². The fourth-order valence-electron chi connectivity index (χ4n) is 1.71. The van der Waals surface area contributed by atoms with Crippen molar-refractivity contribution in [3.05, 3.63) is 0 Å². The van der Waals surface area contributed by atoms with E-state index in [0.717, 1.165) is 18.7 Å². The summed E-state index contributed by atoms with van der Waals surface area (Å²) in [6, 6.07) is 0.418. The predicted octanol–water partition coefficient (Wildman–Crippen LogP) is 1.05. The molecule has 0 saturated carbocycles. The number of hydrogen-bond donors (Lipinski definition) is 2. The van der Waals surface area contributed by atoms with Crippen molar-refractivity contribution in [2.45, 2.75) is 32.7 Å². The molecule has 1 unspecified atom stereocenters. The topological polar surface area (TPSA) is 58.2 Å². The van der Waals surface area contributed by atoms with E-state index in [1.165, 1.54) is 5.75 Å². The summed E-state index contributed by atoms with van der Waals surface area (Å²) in [5.74, 6) is 3.03. The van der Waals surface area contributed by atoms with Crippen LogP contribution in [0.2, 0.25) is 0 Å². The molecule has 0 aromatic heterocycles. The first-order chi connectivity index (χ1) is 7.99. The van der Waals surface area contributed by atoms with Crippen molar-refractivity contribution in [3.8, 4) is 0 Å². The third-order valence-electron chi connectivity index (χ3n) is 2.76. The monoisotopic (exact) mass is 280 g/mol. The fraction of sp³-hybridized carbons (Fsp3) is 1.00. The second kappa shape index (κ2) is 7.61. The van der Waals surface area contributed by atoms with Crippen molar-refractivity contribution in [1.82, 2.24) is 10.0 Å². The van der Waals surface area contributed by atoms with E-state index in [1.54, 1.807) is 0 Å². The summed E-state index contributed by atoms with van der Waals surface area (Å²) >= 11 is 1.91. The lowest BCUT2D eigenvalue weighted by Crippen LogP contribution is -2.33. The summed E-state index contributed by atoms with van der Waals surface area (Å²) in [5, 5.41) is 3.22. The molecule has 1 fully saturated rings. The second-order valence-corrected chi connectivity index (χ2v) is 7.94. The molecule has 0 aromatic rings. The number of thioether (sulfide) groups is 1. The smallest absolute Gasteiger partial charge is 0.211 e. The van der Waals surface area contributed by atoms with Crippen LogP contribution in [-0.2, 0) is 10.0 Å². The predicted molar refractivity (Wildman–Crippen MR) is 75.0 cm³/mol. The Morgan fingerprint density at radius 2 is 2.18 bits per heavy atom. The Bertz CT molecular complexity index is 299. The Balaban J connectivity index is 2.12. The van der Waals surface area contributed by atoms with Gasteiger partial charge in [0.15, 0.2) is 0 Å². The standard InChI is InChI=1S/C11H24N2O2S2/c1-10(2)12-5-3-7-17(14,15)13-8-11-4-6-16-9-11/h10-13H,3-9H2,1-2H3. The van der Waals surface area contributed by atoms with Gasteiger partial charge in [-0.1, -0.05) is 13.8 Å². The van der Waals surface area contributed by atoms with Crippen LogP contribution >= 0.6 is 11.8 Å². The van der Waals surface area contributed by atoms with Gasteiger partial charge in [-0.2, -0.15) is 11.8 Å². The summed E-state index contributed by atoms with van der Waals surface area (Å²) in [6.45, 7) is 5.50. The molecule has 0 aliphatic carbocycles. The maximum atomic E-state index is 11.7. The van der Waals surface area contributed by atoms with E-state index >= 15 is 0 Å². The highest BCUT2D eigenvalue weighted by atomic mass is 32.2. The highest BCUT2D eigenvalue weighted by Crippen LogP contribution is 2.22. The Labute approximate surface area is 109 Å². The zero-order valence-corrected chi connectivity index (χ0v) is 12.4. The van der Waals surface area contributed by atoms with Crippen LogP contribution in [0.15, 0.2) is 0 Å². The van der Waals surface area contributed by atoms with Crippen LogP contribution in [0.3, 0.4) is 0 Å². The summed E-state index contributed by atoms with van der Waals surface area (Å²) in [6.07, 6.45) is 1.81. The molecule has 0 spiro atoms. The lowest BCUT2D eigenvalue weighted by atomic mass is 10.1. The van der Waals surface area contributed by atoms with Gasteiger partial charge in [0, 0.05) is 12.6 Å². The van der Waals surface area contributed by atoms with E-state index < -0.39 is 10.0 Å². The Kier molecular flexibility index (Phi) is 6.84. The van der Waals surface area contributed by atoms with Crippen LogP contribution in [0.5, 0.6) is 0 Å². The summed E-state index contributed by atoms with van der Waals surface area (Å²) in [5.41, 5.74) is 0. The van der Waals surface area contributed by atoms with Crippen LogP contribution in [-0.4, -0.2) is 44.8 Å². The van der Waals surface area contributed by atoms with Crippen molar-refractivity contribution in [2.75, 3.05) is 30.3 Å². The molecule has 4 nitrogen and oxygen atoms in total. The Morgan fingerprint density at radius 3 is 2.76 bits per heavy atom. The fourth-order valence-corrected chi connectivity index (χ4v) is 4.16. The second-order valence-electron chi connectivity index (χ2n) is 4.86. The lowest BCUT2D eigenvalue weighted by Gasteiger charge is -2.11. The first kappa shape index (κ1) is 15.3. The molecule has 2 N–H and O–H groups in total. The summed E-state index contributed by atoms with van der Waals surface area (Å²) < 4.78 is 26.1. The largest absolute Gasteiger partial charge is 0.314 e. The molecule has 0 aromatic carbocycles. The third kappa shape index (κ3) is 7.28. The van der Waals surface area contributed by atoms with Crippen molar-refractivity contribution in [1.29, 1.82) is 0 Å². The number of hydrogen-bond acceptors (Lipinski definition) is 4. The molecule has 17 heavy (non-hydrogen) atoms. The molecule has 1 saturated heterocycles. The van der Waals surface area contributed by atoms with E-state index in [-0.39, 0.29) is 5.75 Å². The Hall–Kier alpha value is 0.220. The minimum Gasteiger partial charge on any atom is -0.314 e. The molecule has 1 heterocycles. The minimum absolute atomic E-state index is 0.229. The van der Waals surface area contributed by atoms with Gasteiger partial charge in [-0.25, -0.2) is 13.1 Å². The molecule has 1 rings (SSSR count). The van der Waals surface area contributed by atoms with Gasteiger partial charge in [0.1, 0.15) is 0 Å². The van der Waals surface area contributed by atoms with E-state index in [0.29, 0.717) is 24.9 Å². The average molecular weight is 280 g/mol. The van der Waals surface area contributed by atoms with Gasteiger partial charge in [-0.05, 0) is 36.8 Å². The van der Waals surface area contributed by atoms with Crippen LogP contribution in [0.1, 0.15) is 26.7 Å². The van der Waals surface area contributed by atoms with Crippen LogP contribution in [0.25, 0.3) is 0 Å². The van der Waals surface area contributed by atoms with Crippen LogP contribution in [0, 0.1) is 5.92 Å². The van der Waals surface area contributed by atoms with E-state index in [9.17, 15) is 8.42 Å². The van der Waals surface area contributed by atoms with Gasteiger partial charge in [0.25, 0.3) is 0 Å². The molecule has 102 valence electrons. The van der Waals surface area contributed by atoms with Gasteiger partial charge >= 0.3 is 0 Å². The van der Waals surface area contributed by atoms with Crippen molar-refractivity contribution >= 4 is 21.8 Å². The van der Waals surface area contributed by atoms with E-state index in [2.05, 4.69) is 23.9 Å². The molecule has 1 aliphatic heterocycles. The van der Waals surface area contributed by atoms with Gasteiger partial charge in [0.05, 0.1) is 5.75 Å². The number of nitrogens with one attached hydrogen (secondary N) is 2. The quantitative estimate of drug-likeness (QED) is 0.653. The third-order valence-corrected chi connectivity index (χ3v) is 5.42. The van der Waals surface area contributed by atoms with E-state index in [4.69, 9.17) is 0 Å². The molecule has 6 heteroatoms. The molecule has 1 atom stereocenters. The summed E-state index contributed by atoms with van der Waals surface area (Å²) in [4.78, 5) is 0. The van der Waals surface area contributed by atoms with E-state index in [1.807, 2.05) is 11.8 Å². The van der Waals surface area contributed by atoms with Gasteiger partial charge in [-0.15, -0.1) is 0 Å². The number of sulfonamides is 1. The number of rotatable bonds is 8. The Morgan fingerprint density at radius 1 is 1.41 bits per heavy atom. The van der Waals surface area contributed by atoms with Crippen LogP contribution < -0.4 is 10.0 Å². The molecular formula is C11H24N2O2S2. The van der Waals surface area contributed by atoms with Crippen molar-refractivity contribution in [3.63, 3.8) is 0 Å². The zero-order chi connectivity index (χ0) is 12.7. The van der Waals surface area contributed by atoms with Crippen LogP contribution in [0.4, 0.5) is 0 Å². The molecule has 0 bridgehead atoms.